The topological polar surface area (TPSA) is 115 Å². The first-order valence-electron chi connectivity index (χ1n) is 9.84. The van der Waals surface area contributed by atoms with Crippen molar-refractivity contribution in [2.75, 3.05) is 19.5 Å². The predicted molar refractivity (Wildman–Crippen MR) is 127 cm³/mol. The van der Waals surface area contributed by atoms with Gasteiger partial charge in [-0.15, -0.1) is 0 Å². The minimum absolute atomic E-state index is 0.194. The average Bonchev–Trinajstić information content (AvgIpc) is 2.85. The maximum absolute atomic E-state index is 12.3. The van der Waals surface area contributed by atoms with E-state index in [0.29, 0.717) is 27.6 Å². The van der Waals surface area contributed by atoms with Crippen LogP contribution in [0.4, 0.5) is 5.69 Å². The highest BCUT2D eigenvalue weighted by atomic mass is 35.5. The third-order valence-corrected chi connectivity index (χ3v) is 4.66. The van der Waals surface area contributed by atoms with Crippen molar-refractivity contribution >= 4 is 41.3 Å². The minimum atomic E-state index is -0.970. The van der Waals surface area contributed by atoms with Gasteiger partial charge in [0.15, 0.2) is 11.5 Å². The molecule has 0 saturated heterocycles. The van der Waals surface area contributed by atoms with Crippen molar-refractivity contribution in [3.8, 4) is 17.2 Å². The molecular formula is C24H20ClN3O6. The molecule has 0 unspecified atom stereocenters. The van der Waals surface area contributed by atoms with Crippen LogP contribution in [0.15, 0.2) is 71.8 Å². The lowest BCUT2D eigenvalue weighted by Crippen LogP contribution is -2.32. The number of esters is 1. The second-order valence-corrected chi connectivity index (χ2v) is 7.10. The molecule has 174 valence electrons. The molecule has 0 bridgehead atoms. The molecule has 0 aliphatic heterocycles. The highest BCUT2D eigenvalue weighted by Gasteiger charge is 2.15. The summed E-state index contributed by atoms with van der Waals surface area (Å²) in [5.41, 5.74) is 3.34. The lowest BCUT2D eigenvalue weighted by molar-refractivity contribution is -0.136. The number of nitrogens with zero attached hydrogens (tertiary/aromatic N) is 1. The maximum Gasteiger partial charge on any atom is 0.343 e. The molecule has 9 nitrogen and oxygen atoms in total. The van der Waals surface area contributed by atoms with Crippen molar-refractivity contribution in [2.24, 2.45) is 5.10 Å². The number of carbonyl (C=O) groups is 3. The third kappa shape index (κ3) is 6.33. The molecule has 0 aromatic heterocycles. The smallest absolute Gasteiger partial charge is 0.343 e. The van der Waals surface area contributed by atoms with Crippen LogP contribution in [0, 0.1) is 0 Å². The van der Waals surface area contributed by atoms with Gasteiger partial charge in [-0.3, -0.25) is 9.59 Å². The van der Waals surface area contributed by atoms with E-state index in [1.807, 2.05) is 0 Å². The Morgan fingerprint density at radius 2 is 1.56 bits per heavy atom. The van der Waals surface area contributed by atoms with Gasteiger partial charge < -0.3 is 19.5 Å². The number of halogens is 1. The second-order valence-electron chi connectivity index (χ2n) is 6.66. The molecule has 3 aromatic rings. The van der Waals surface area contributed by atoms with Gasteiger partial charge in [0.2, 0.25) is 0 Å². The van der Waals surface area contributed by atoms with Crippen molar-refractivity contribution in [3.63, 3.8) is 0 Å². The molecule has 10 heteroatoms. The molecule has 0 aliphatic carbocycles. The van der Waals surface area contributed by atoms with Gasteiger partial charge in [0, 0.05) is 5.02 Å². The summed E-state index contributed by atoms with van der Waals surface area (Å²) >= 11 is 5.83. The molecule has 0 heterocycles. The van der Waals surface area contributed by atoms with Crippen LogP contribution >= 0.6 is 11.6 Å². The fraction of sp³-hybridized carbons (Fsp3) is 0.0833. The van der Waals surface area contributed by atoms with Crippen molar-refractivity contribution in [1.29, 1.82) is 0 Å². The number of nitrogens with one attached hydrogen (secondary N) is 2. The number of ether oxygens (including phenoxy) is 3. The SMILES string of the molecule is COc1ccccc1NC(=O)C(=O)N/N=C/c1ccc(OC(=O)c2ccc(Cl)cc2)c(OC)c1. The van der Waals surface area contributed by atoms with E-state index in [0.717, 1.165) is 0 Å². The Hall–Kier alpha value is -4.37. The normalized spacial score (nSPS) is 10.4. The summed E-state index contributed by atoms with van der Waals surface area (Å²) < 4.78 is 15.8. The lowest BCUT2D eigenvalue weighted by atomic mass is 10.2. The van der Waals surface area contributed by atoms with Gasteiger partial charge in [0.05, 0.1) is 31.7 Å². The van der Waals surface area contributed by atoms with Crippen LogP contribution in [0.5, 0.6) is 17.2 Å². The van der Waals surface area contributed by atoms with Crippen molar-refractivity contribution < 1.29 is 28.6 Å². The number of hydrogen-bond acceptors (Lipinski definition) is 7. The molecule has 0 fully saturated rings. The Balaban J connectivity index is 1.61. The van der Waals surface area contributed by atoms with Crippen LogP contribution in [-0.2, 0) is 9.59 Å². The van der Waals surface area contributed by atoms with Gasteiger partial charge in [0.25, 0.3) is 0 Å². The van der Waals surface area contributed by atoms with Crippen molar-refractivity contribution in [2.45, 2.75) is 0 Å². The van der Waals surface area contributed by atoms with Crippen LogP contribution < -0.4 is 25.0 Å². The van der Waals surface area contributed by atoms with Crippen LogP contribution in [0.3, 0.4) is 0 Å². The summed E-state index contributed by atoms with van der Waals surface area (Å²) in [5.74, 6) is -1.58. The van der Waals surface area contributed by atoms with Crippen molar-refractivity contribution in [3.05, 3.63) is 82.9 Å². The number of methoxy groups -OCH3 is 2. The maximum atomic E-state index is 12.3. The lowest BCUT2D eigenvalue weighted by Gasteiger charge is -2.10. The van der Waals surface area contributed by atoms with Gasteiger partial charge in [-0.25, -0.2) is 10.2 Å². The summed E-state index contributed by atoms with van der Waals surface area (Å²) in [6.07, 6.45) is 1.31. The van der Waals surface area contributed by atoms with Gasteiger partial charge in [-0.1, -0.05) is 23.7 Å². The first-order chi connectivity index (χ1) is 16.4. The molecule has 34 heavy (non-hydrogen) atoms. The van der Waals surface area contributed by atoms with Gasteiger partial charge >= 0.3 is 17.8 Å². The van der Waals surface area contributed by atoms with Crippen LogP contribution in [-0.4, -0.2) is 38.2 Å². The van der Waals surface area contributed by atoms with Crippen LogP contribution in [0.2, 0.25) is 5.02 Å². The summed E-state index contributed by atoms with van der Waals surface area (Å²) in [6, 6.07) is 17.6. The fourth-order valence-corrected chi connectivity index (χ4v) is 2.86. The third-order valence-electron chi connectivity index (χ3n) is 4.41. The molecule has 3 rings (SSSR count). The molecule has 2 N–H and O–H groups in total. The molecule has 3 aromatic carbocycles. The minimum Gasteiger partial charge on any atom is -0.495 e. The number of para-hydroxylation sites is 2. The summed E-state index contributed by atoms with van der Waals surface area (Å²) in [4.78, 5) is 36.4. The van der Waals surface area contributed by atoms with E-state index in [-0.39, 0.29) is 11.5 Å². The first-order valence-corrected chi connectivity index (χ1v) is 10.2. The monoisotopic (exact) mass is 481 g/mol. The molecule has 0 aliphatic rings. The highest BCUT2D eigenvalue weighted by molar-refractivity contribution is 6.39. The van der Waals surface area contributed by atoms with E-state index < -0.39 is 17.8 Å². The Morgan fingerprint density at radius 1 is 0.853 bits per heavy atom. The van der Waals surface area contributed by atoms with E-state index in [1.54, 1.807) is 60.7 Å². The molecule has 0 spiro atoms. The largest absolute Gasteiger partial charge is 0.495 e. The van der Waals surface area contributed by atoms with Crippen LogP contribution in [0.25, 0.3) is 0 Å². The van der Waals surface area contributed by atoms with Crippen LogP contribution in [0.1, 0.15) is 15.9 Å². The fourth-order valence-electron chi connectivity index (χ4n) is 2.74. The Kier molecular flexibility index (Phi) is 8.20. The number of hydrogen-bond donors (Lipinski definition) is 2. The summed E-state index contributed by atoms with van der Waals surface area (Å²) in [5, 5.41) is 6.72. The standard InChI is InChI=1S/C24H20ClN3O6/c1-32-19-6-4-3-5-18(19)27-22(29)23(30)28-26-14-15-7-12-20(21(13-15)33-2)34-24(31)16-8-10-17(25)11-9-16/h3-14H,1-2H3,(H,27,29)(H,28,30)/b26-14+. The second kappa shape index (κ2) is 11.5. The Bertz CT molecular complexity index is 1230. The quantitative estimate of drug-likeness (QED) is 0.175. The molecule has 2 amide bonds. The zero-order valence-corrected chi connectivity index (χ0v) is 19.0. The average molecular weight is 482 g/mol. The molecule has 0 saturated carbocycles. The number of anilines is 1. The number of benzene rings is 3. The van der Waals surface area contributed by atoms with Gasteiger partial charge in [0.1, 0.15) is 5.75 Å². The molecular weight excluding hydrogens is 462 g/mol. The molecule has 0 atom stereocenters. The number of carbonyl (C=O) groups excluding carboxylic acids is 3. The Morgan fingerprint density at radius 3 is 2.26 bits per heavy atom. The van der Waals surface area contributed by atoms with E-state index in [2.05, 4.69) is 15.8 Å². The van der Waals surface area contributed by atoms with E-state index >= 15 is 0 Å². The van der Waals surface area contributed by atoms with E-state index in [9.17, 15) is 14.4 Å². The first kappa shape index (κ1) is 24.3. The Labute approximate surface area is 200 Å². The summed E-state index contributed by atoms with van der Waals surface area (Å²) in [7, 11) is 2.87. The van der Waals surface area contributed by atoms with E-state index in [1.165, 1.54) is 26.5 Å². The zero-order valence-electron chi connectivity index (χ0n) is 18.2. The number of hydrazone groups is 1. The number of amides is 2. The zero-order chi connectivity index (χ0) is 24.5. The van der Waals surface area contributed by atoms with E-state index in [4.69, 9.17) is 25.8 Å². The van der Waals surface area contributed by atoms with Gasteiger partial charge in [-0.05, 0) is 60.2 Å². The van der Waals surface area contributed by atoms with Gasteiger partial charge in [-0.2, -0.15) is 5.10 Å². The predicted octanol–water partition coefficient (Wildman–Crippen LogP) is 3.67. The van der Waals surface area contributed by atoms with Crippen molar-refractivity contribution in [1.82, 2.24) is 5.43 Å². The number of rotatable bonds is 7. The summed E-state index contributed by atoms with van der Waals surface area (Å²) in [6.45, 7) is 0. The molecule has 0 radical (unpaired) electrons. The highest BCUT2D eigenvalue weighted by Crippen LogP contribution is 2.28.